The van der Waals surface area contributed by atoms with E-state index in [0.29, 0.717) is 11.2 Å². The molecule has 2 rings (SSSR count). The lowest BCUT2D eigenvalue weighted by Crippen LogP contribution is -2.13. The van der Waals surface area contributed by atoms with Gasteiger partial charge in [0.25, 0.3) is 0 Å². The summed E-state index contributed by atoms with van der Waals surface area (Å²) in [6, 6.07) is 0. The second-order valence-corrected chi connectivity index (χ2v) is 2.19. The molecule has 0 radical (unpaired) electrons. The summed E-state index contributed by atoms with van der Waals surface area (Å²) in [6.45, 7) is 0. The second kappa shape index (κ2) is 3.33. The number of nitrogens with one attached hydrogen (secondary N) is 1. The molecule has 0 aliphatic rings. The van der Waals surface area contributed by atoms with Crippen molar-refractivity contribution >= 4 is 11.2 Å². The first-order valence-corrected chi connectivity index (χ1v) is 3.50. The van der Waals surface area contributed by atoms with Crippen molar-refractivity contribution in [2.75, 3.05) is 12.7 Å². The molecule has 0 fully saturated rings. The van der Waals surface area contributed by atoms with Gasteiger partial charge in [-0.3, -0.25) is 0 Å². The zero-order valence-corrected chi connectivity index (χ0v) is 6.84. The third-order valence-corrected chi connectivity index (χ3v) is 1.43. The number of hydrogen-bond donors (Lipinski definition) is 1. The van der Waals surface area contributed by atoms with Crippen molar-refractivity contribution in [3.8, 4) is 0 Å². The lowest BCUT2D eigenvalue weighted by Gasteiger charge is -2.02. The van der Waals surface area contributed by atoms with E-state index < -0.39 is 0 Å². The van der Waals surface area contributed by atoms with Crippen molar-refractivity contribution in [3.63, 3.8) is 0 Å². The van der Waals surface area contributed by atoms with Crippen LogP contribution in [-0.4, -0.2) is 26.7 Å². The maximum absolute atomic E-state index is 4.50. The van der Waals surface area contributed by atoms with Crippen LogP contribution < -0.4 is 5.59 Å². The van der Waals surface area contributed by atoms with Crippen LogP contribution in [0.1, 0.15) is 0 Å². The van der Waals surface area contributed by atoms with E-state index in [9.17, 15) is 0 Å². The molecule has 7 nitrogen and oxygen atoms in total. The number of nitrogens with zero attached hydrogens (tertiary/aromatic N) is 4. The number of aromatic nitrogens is 4. The van der Waals surface area contributed by atoms with Crippen molar-refractivity contribution in [3.05, 3.63) is 18.9 Å². The summed E-state index contributed by atoms with van der Waals surface area (Å²) in [7, 11) is 1.39. The molecular formula is C6H7N5O2. The summed E-state index contributed by atoms with van der Waals surface area (Å²) in [6.07, 6.45) is 4.54. The molecule has 0 aliphatic heterocycles. The van der Waals surface area contributed by atoms with E-state index in [1.54, 1.807) is 6.20 Å². The Hall–Kier alpha value is -1.73. The van der Waals surface area contributed by atoms with Crippen LogP contribution in [0.2, 0.25) is 0 Å². The molecule has 68 valence electrons. The SMILES string of the molecule is COONn1cnc2cncnc21. The van der Waals surface area contributed by atoms with Crippen LogP contribution in [0.3, 0.4) is 0 Å². The van der Waals surface area contributed by atoms with Crippen molar-refractivity contribution in [1.29, 1.82) is 0 Å². The van der Waals surface area contributed by atoms with Crippen LogP contribution in [0.25, 0.3) is 11.2 Å². The Kier molecular flexibility index (Phi) is 2.02. The molecular weight excluding hydrogens is 174 g/mol. The molecule has 2 aromatic heterocycles. The van der Waals surface area contributed by atoms with Crippen LogP contribution in [0.15, 0.2) is 18.9 Å². The van der Waals surface area contributed by atoms with Gasteiger partial charge in [-0.2, -0.15) is 5.59 Å². The Morgan fingerprint density at radius 1 is 1.46 bits per heavy atom. The van der Waals surface area contributed by atoms with Crippen LogP contribution in [0, 0.1) is 0 Å². The highest BCUT2D eigenvalue weighted by Crippen LogP contribution is 2.04. The Morgan fingerprint density at radius 2 is 2.38 bits per heavy atom. The summed E-state index contributed by atoms with van der Waals surface area (Å²) < 4.78 is 1.47. The van der Waals surface area contributed by atoms with E-state index in [-0.39, 0.29) is 0 Å². The number of fused-ring (bicyclic) bond motifs is 1. The molecule has 0 bridgehead atoms. The molecule has 7 heteroatoms. The molecule has 0 aliphatic carbocycles. The van der Waals surface area contributed by atoms with Crippen molar-refractivity contribution in [1.82, 2.24) is 19.6 Å². The minimum atomic E-state index is 0.618. The topological polar surface area (TPSA) is 74.1 Å². The molecule has 0 saturated heterocycles. The molecule has 0 saturated carbocycles. The second-order valence-electron chi connectivity index (χ2n) is 2.19. The van der Waals surface area contributed by atoms with E-state index >= 15 is 0 Å². The molecule has 0 aromatic carbocycles. The Morgan fingerprint density at radius 3 is 3.23 bits per heavy atom. The van der Waals surface area contributed by atoms with Crippen molar-refractivity contribution in [2.45, 2.75) is 0 Å². The first-order valence-electron chi connectivity index (χ1n) is 3.50. The standard InChI is InChI=1S/C6H7N5O2/c1-12-13-10-11-4-9-5-2-7-3-8-6(5)11/h2-4,10H,1H3. The average molecular weight is 181 g/mol. The van der Waals surface area contributed by atoms with Gasteiger partial charge in [0.15, 0.2) is 5.65 Å². The molecule has 0 amide bonds. The number of rotatable bonds is 3. The molecule has 13 heavy (non-hydrogen) atoms. The summed E-state index contributed by atoms with van der Waals surface area (Å²) >= 11 is 0. The van der Waals surface area contributed by atoms with Gasteiger partial charge in [-0.15, -0.1) is 0 Å². The van der Waals surface area contributed by atoms with E-state index in [2.05, 4.69) is 30.4 Å². The van der Waals surface area contributed by atoms with Gasteiger partial charge < -0.3 is 0 Å². The normalized spacial score (nSPS) is 10.5. The third-order valence-electron chi connectivity index (χ3n) is 1.43. The van der Waals surface area contributed by atoms with Crippen LogP contribution in [0.4, 0.5) is 0 Å². The van der Waals surface area contributed by atoms with Crippen molar-refractivity contribution < 1.29 is 9.88 Å². The van der Waals surface area contributed by atoms with Gasteiger partial charge in [0.05, 0.1) is 13.3 Å². The monoisotopic (exact) mass is 181 g/mol. The van der Waals surface area contributed by atoms with Crippen molar-refractivity contribution in [2.24, 2.45) is 0 Å². The van der Waals surface area contributed by atoms with Gasteiger partial charge >= 0.3 is 0 Å². The first-order chi connectivity index (χ1) is 6.42. The predicted molar refractivity (Wildman–Crippen MR) is 42.8 cm³/mol. The summed E-state index contributed by atoms with van der Waals surface area (Å²) in [5.74, 6) is 0. The zero-order valence-electron chi connectivity index (χ0n) is 6.84. The number of imidazole rings is 1. The summed E-state index contributed by atoms with van der Waals surface area (Å²) in [4.78, 5) is 20.7. The quantitative estimate of drug-likeness (QED) is 0.525. The summed E-state index contributed by atoms with van der Waals surface area (Å²) in [5, 5.41) is 0. The van der Waals surface area contributed by atoms with Gasteiger partial charge in [-0.25, -0.2) is 24.5 Å². The minimum Gasteiger partial charge on any atom is -0.242 e. The molecule has 1 N–H and O–H groups in total. The lowest BCUT2D eigenvalue weighted by molar-refractivity contribution is -0.260. The highest BCUT2D eigenvalue weighted by molar-refractivity contribution is 5.68. The minimum absolute atomic E-state index is 0.618. The van der Waals surface area contributed by atoms with Gasteiger partial charge in [-0.05, 0) is 0 Å². The molecule has 0 unspecified atom stereocenters. The lowest BCUT2D eigenvalue weighted by atomic mass is 10.6. The van der Waals surface area contributed by atoms with Gasteiger partial charge in [-0.1, -0.05) is 4.99 Å². The fourth-order valence-electron chi connectivity index (χ4n) is 0.911. The first kappa shape index (κ1) is 7.90. The Balaban J connectivity index is 2.35. The van der Waals surface area contributed by atoms with E-state index in [1.165, 1.54) is 24.4 Å². The van der Waals surface area contributed by atoms with E-state index in [0.717, 1.165) is 0 Å². The Labute approximate surface area is 73.2 Å². The van der Waals surface area contributed by atoms with E-state index in [1.807, 2.05) is 0 Å². The highest BCUT2D eigenvalue weighted by atomic mass is 17.3. The van der Waals surface area contributed by atoms with Crippen LogP contribution >= 0.6 is 0 Å². The molecule has 2 heterocycles. The van der Waals surface area contributed by atoms with Crippen LogP contribution in [0.5, 0.6) is 0 Å². The maximum Gasteiger partial charge on any atom is 0.184 e. The smallest absolute Gasteiger partial charge is 0.184 e. The summed E-state index contributed by atoms with van der Waals surface area (Å²) in [5.41, 5.74) is 3.75. The largest absolute Gasteiger partial charge is 0.242 e. The van der Waals surface area contributed by atoms with Crippen LogP contribution in [-0.2, 0) is 9.88 Å². The van der Waals surface area contributed by atoms with Gasteiger partial charge in [0.2, 0.25) is 0 Å². The Bertz CT molecular complexity index is 401. The molecule has 0 spiro atoms. The zero-order chi connectivity index (χ0) is 9.10. The third kappa shape index (κ3) is 1.42. The predicted octanol–water partition coefficient (Wildman–Crippen LogP) is -0.137. The fraction of sp³-hybridized carbons (Fsp3) is 0.167. The number of hydrogen-bond acceptors (Lipinski definition) is 6. The highest BCUT2D eigenvalue weighted by Gasteiger charge is 2.01. The van der Waals surface area contributed by atoms with E-state index in [4.69, 9.17) is 0 Å². The molecule has 2 aromatic rings. The fourth-order valence-corrected chi connectivity index (χ4v) is 0.911. The molecule has 0 atom stereocenters. The maximum atomic E-state index is 4.50. The average Bonchev–Trinajstić information content (AvgIpc) is 2.58. The van der Waals surface area contributed by atoms with Gasteiger partial charge in [0.1, 0.15) is 18.2 Å². The van der Waals surface area contributed by atoms with Gasteiger partial charge in [0, 0.05) is 0 Å².